The topological polar surface area (TPSA) is 70.9 Å². The lowest BCUT2D eigenvalue weighted by Crippen LogP contribution is -2.25. The van der Waals surface area contributed by atoms with E-state index in [2.05, 4.69) is 15.5 Å². The average Bonchev–Trinajstić information content (AvgIpc) is 3.21. The van der Waals surface area contributed by atoms with Crippen molar-refractivity contribution in [1.82, 2.24) is 15.5 Å². The van der Waals surface area contributed by atoms with Crippen molar-refractivity contribution in [2.24, 2.45) is 0 Å². The smallest absolute Gasteiger partial charge is 0.251 e. The van der Waals surface area contributed by atoms with E-state index >= 15 is 0 Å². The van der Waals surface area contributed by atoms with Crippen LogP contribution in [-0.4, -0.2) is 22.6 Å². The van der Waals surface area contributed by atoms with Crippen molar-refractivity contribution in [2.45, 2.75) is 6.42 Å². The third kappa shape index (κ3) is 3.20. The predicted octanol–water partition coefficient (Wildman–Crippen LogP) is 2.64. The van der Waals surface area contributed by atoms with Crippen LogP contribution in [0.25, 0.3) is 11.3 Å². The summed E-state index contributed by atoms with van der Waals surface area (Å²) in [4.78, 5) is 12.0. The van der Waals surface area contributed by atoms with Crippen molar-refractivity contribution < 1.29 is 9.21 Å². The van der Waals surface area contributed by atoms with Crippen LogP contribution < -0.4 is 5.32 Å². The van der Waals surface area contributed by atoms with Crippen LogP contribution in [0.1, 0.15) is 15.9 Å². The number of rotatable bonds is 5. The van der Waals surface area contributed by atoms with E-state index in [0.717, 1.165) is 23.3 Å². The van der Waals surface area contributed by atoms with Crippen molar-refractivity contribution in [3.8, 4) is 11.3 Å². The summed E-state index contributed by atoms with van der Waals surface area (Å²) in [5.41, 5.74) is 2.66. The molecule has 3 aromatic rings. The number of furan rings is 1. The summed E-state index contributed by atoms with van der Waals surface area (Å²) < 4.78 is 5.32. The Hall–Kier alpha value is -2.82. The number of benzene rings is 1. The molecule has 0 bridgehead atoms. The van der Waals surface area contributed by atoms with Gasteiger partial charge in [0.15, 0.2) is 0 Å². The molecule has 0 unspecified atom stereocenters. The molecule has 0 saturated heterocycles. The fourth-order valence-electron chi connectivity index (χ4n) is 2.07. The molecular formula is C16H15N3O2. The molecule has 1 aromatic carbocycles. The number of nitrogens with one attached hydrogen (secondary N) is 2. The first-order valence-electron chi connectivity index (χ1n) is 6.73. The molecule has 2 aromatic heterocycles. The molecule has 0 aliphatic carbocycles. The number of H-pyrrole nitrogens is 1. The molecule has 2 N–H and O–H groups in total. The normalized spacial score (nSPS) is 10.5. The standard InChI is InChI=1S/C16H15N3O2/c20-16(17-8-7-12-10-18-19-11-12)14-5-3-13(4-6-14)15-2-1-9-21-15/h1-6,9-11H,7-8H2,(H,17,20)(H,18,19). The van der Waals surface area contributed by atoms with E-state index < -0.39 is 0 Å². The van der Waals surface area contributed by atoms with Crippen molar-refractivity contribution >= 4 is 5.91 Å². The third-order valence-corrected chi connectivity index (χ3v) is 3.21. The van der Waals surface area contributed by atoms with Gasteiger partial charge in [-0.3, -0.25) is 9.89 Å². The molecule has 2 heterocycles. The summed E-state index contributed by atoms with van der Waals surface area (Å²) in [6.07, 6.45) is 5.97. The maximum Gasteiger partial charge on any atom is 0.251 e. The number of nitrogens with zero attached hydrogens (tertiary/aromatic N) is 1. The van der Waals surface area contributed by atoms with E-state index in [1.54, 1.807) is 24.6 Å². The van der Waals surface area contributed by atoms with Gasteiger partial charge in [0.05, 0.1) is 12.5 Å². The van der Waals surface area contributed by atoms with Crippen LogP contribution in [0.3, 0.4) is 0 Å². The van der Waals surface area contributed by atoms with Gasteiger partial charge in [0.1, 0.15) is 5.76 Å². The zero-order valence-electron chi connectivity index (χ0n) is 11.4. The molecule has 0 spiro atoms. The molecule has 5 heteroatoms. The van der Waals surface area contributed by atoms with Crippen LogP contribution in [-0.2, 0) is 6.42 Å². The summed E-state index contributed by atoms with van der Waals surface area (Å²) in [6.45, 7) is 0.582. The van der Waals surface area contributed by atoms with Gasteiger partial charge in [0.2, 0.25) is 0 Å². The van der Waals surface area contributed by atoms with Crippen molar-refractivity contribution in [2.75, 3.05) is 6.54 Å². The first-order valence-corrected chi connectivity index (χ1v) is 6.73. The fourth-order valence-corrected chi connectivity index (χ4v) is 2.07. The van der Waals surface area contributed by atoms with E-state index in [1.807, 2.05) is 30.5 Å². The maximum atomic E-state index is 12.0. The van der Waals surface area contributed by atoms with E-state index in [-0.39, 0.29) is 5.91 Å². The number of carbonyl (C=O) groups excluding carboxylic acids is 1. The number of carbonyl (C=O) groups is 1. The second-order valence-corrected chi connectivity index (χ2v) is 4.67. The Kier molecular flexibility index (Phi) is 3.82. The lowest BCUT2D eigenvalue weighted by molar-refractivity contribution is 0.0954. The Balaban J connectivity index is 1.57. The Morgan fingerprint density at radius 3 is 2.76 bits per heavy atom. The molecule has 5 nitrogen and oxygen atoms in total. The quantitative estimate of drug-likeness (QED) is 0.755. The van der Waals surface area contributed by atoms with Gasteiger partial charge in [0, 0.05) is 23.9 Å². The molecule has 0 saturated carbocycles. The first kappa shape index (κ1) is 13.2. The third-order valence-electron chi connectivity index (χ3n) is 3.21. The molecule has 0 atom stereocenters. The van der Waals surface area contributed by atoms with Gasteiger partial charge in [-0.1, -0.05) is 12.1 Å². The summed E-state index contributed by atoms with van der Waals surface area (Å²) in [6, 6.07) is 11.1. The highest BCUT2D eigenvalue weighted by molar-refractivity contribution is 5.94. The fraction of sp³-hybridized carbons (Fsp3) is 0.125. The van der Waals surface area contributed by atoms with Gasteiger partial charge >= 0.3 is 0 Å². The van der Waals surface area contributed by atoms with Gasteiger partial charge in [-0.05, 0) is 36.2 Å². The van der Waals surface area contributed by atoms with Gasteiger partial charge in [-0.2, -0.15) is 5.10 Å². The van der Waals surface area contributed by atoms with Crippen LogP contribution >= 0.6 is 0 Å². The first-order chi connectivity index (χ1) is 10.3. The van der Waals surface area contributed by atoms with Crippen LogP contribution in [0.2, 0.25) is 0 Å². The summed E-state index contributed by atoms with van der Waals surface area (Å²) >= 11 is 0. The molecule has 106 valence electrons. The minimum absolute atomic E-state index is 0.0792. The van der Waals surface area contributed by atoms with Gasteiger partial charge < -0.3 is 9.73 Å². The molecular weight excluding hydrogens is 266 g/mol. The highest BCUT2D eigenvalue weighted by Crippen LogP contribution is 2.19. The highest BCUT2D eigenvalue weighted by atomic mass is 16.3. The van der Waals surface area contributed by atoms with E-state index in [9.17, 15) is 4.79 Å². The lowest BCUT2D eigenvalue weighted by atomic mass is 10.1. The largest absolute Gasteiger partial charge is 0.464 e. The van der Waals surface area contributed by atoms with E-state index in [1.165, 1.54) is 0 Å². The molecule has 0 fully saturated rings. The zero-order valence-corrected chi connectivity index (χ0v) is 11.4. The monoisotopic (exact) mass is 281 g/mol. The van der Waals surface area contributed by atoms with Crippen LogP contribution in [0.5, 0.6) is 0 Å². The number of amides is 1. The van der Waals surface area contributed by atoms with Gasteiger partial charge in [-0.25, -0.2) is 0 Å². The van der Waals surface area contributed by atoms with Crippen LogP contribution in [0, 0.1) is 0 Å². The summed E-state index contributed by atoms with van der Waals surface area (Å²) in [5.74, 6) is 0.714. The number of hydrogen-bond acceptors (Lipinski definition) is 3. The number of aromatic amines is 1. The Labute approximate surface area is 122 Å². The number of aromatic nitrogens is 2. The molecule has 1 amide bonds. The Morgan fingerprint density at radius 1 is 1.24 bits per heavy atom. The number of hydrogen-bond donors (Lipinski definition) is 2. The van der Waals surface area contributed by atoms with Crippen molar-refractivity contribution in [3.63, 3.8) is 0 Å². The molecule has 21 heavy (non-hydrogen) atoms. The van der Waals surface area contributed by atoms with E-state index in [0.29, 0.717) is 12.1 Å². The average molecular weight is 281 g/mol. The maximum absolute atomic E-state index is 12.0. The van der Waals surface area contributed by atoms with Gasteiger partial charge in [0.25, 0.3) is 5.91 Å². The summed E-state index contributed by atoms with van der Waals surface area (Å²) in [7, 11) is 0. The Morgan fingerprint density at radius 2 is 2.10 bits per heavy atom. The zero-order chi connectivity index (χ0) is 14.5. The highest BCUT2D eigenvalue weighted by Gasteiger charge is 2.06. The molecule has 0 aliphatic heterocycles. The predicted molar refractivity (Wildman–Crippen MR) is 78.8 cm³/mol. The van der Waals surface area contributed by atoms with Gasteiger partial charge in [-0.15, -0.1) is 0 Å². The minimum atomic E-state index is -0.0792. The summed E-state index contributed by atoms with van der Waals surface area (Å²) in [5, 5.41) is 9.50. The lowest BCUT2D eigenvalue weighted by Gasteiger charge is -2.05. The Bertz CT molecular complexity index is 686. The van der Waals surface area contributed by atoms with Crippen LogP contribution in [0.4, 0.5) is 0 Å². The SMILES string of the molecule is O=C(NCCc1cn[nH]c1)c1ccc(-c2ccco2)cc1. The van der Waals surface area contributed by atoms with E-state index in [4.69, 9.17) is 4.42 Å². The second-order valence-electron chi connectivity index (χ2n) is 4.67. The van der Waals surface area contributed by atoms with Crippen LogP contribution in [0.15, 0.2) is 59.5 Å². The minimum Gasteiger partial charge on any atom is -0.464 e. The van der Waals surface area contributed by atoms with Crippen molar-refractivity contribution in [1.29, 1.82) is 0 Å². The van der Waals surface area contributed by atoms with Crippen molar-refractivity contribution in [3.05, 3.63) is 66.2 Å². The molecule has 3 rings (SSSR count). The molecule has 0 radical (unpaired) electrons. The second kappa shape index (κ2) is 6.09. The molecule has 0 aliphatic rings.